The van der Waals surface area contributed by atoms with Crippen LogP contribution in [0.4, 0.5) is 5.69 Å². The van der Waals surface area contributed by atoms with Gasteiger partial charge in [-0.2, -0.15) is 9.40 Å². The summed E-state index contributed by atoms with van der Waals surface area (Å²) in [5.74, 6) is 0.285. The summed E-state index contributed by atoms with van der Waals surface area (Å²) in [5.41, 5.74) is -0.690. The maximum atomic E-state index is 13.1. The summed E-state index contributed by atoms with van der Waals surface area (Å²) in [4.78, 5) is 22.6. The summed E-state index contributed by atoms with van der Waals surface area (Å²) in [5, 5.41) is 15.6. The standard InChI is InChI=1S/C17H23N5O5S/c1-12(2)21-16(18-19(3)17(21)23)13-7-6-10-20(11-13)28(26,27)15-9-5-4-8-14(15)22(24)25/h4-5,8-9,12-13H,6-7,10-11H2,1-3H3. The number of para-hydroxylation sites is 1. The third kappa shape index (κ3) is 3.47. The molecule has 0 aliphatic carbocycles. The second kappa shape index (κ2) is 7.47. The van der Waals surface area contributed by atoms with Crippen LogP contribution in [0, 0.1) is 10.1 Å². The smallest absolute Gasteiger partial charge is 0.276 e. The average Bonchev–Trinajstić information content (AvgIpc) is 2.97. The third-order valence-electron chi connectivity index (χ3n) is 4.93. The Balaban J connectivity index is 1.98. The minimum Gasteiger partial charge on any atom is -0.276 e. The average molecular weight is 409 g/mol. The Morgan fingerprint density at radius 2 is 1.96 bits per heavy atom. The first kappa shape index (κ1) is 20.2. The fourth-order valence-corrected chi connectivity index (χ4v) is 5.28. The molecule has 152 valence electrons. The minimum atomic E-state index is -4.05. The Hall–Kier alpha value is -2.53. The summed E-state index contributed by atoms with van der Waals surface area (Å²) >= 11 is 0. The number of aromatic nitrogens is 3. The molecule has 3 rings (SSSR count). The lowest BCUT2D eigenvalue weighted by Crippen LogP contribution is -2.40. The van der Waals surface area contributed by atoms with E-state index in [0.29, 0.717) is 18.7 Å². The molecule has 2 aromatic rings. The molecule has 10 nitrogen and oxygen atoms in total. The van der Waals surface area contributed by atoms with Crippen molar-refractivity contribution in [1.29, 1.82) is 0 Å². The molecule has 1 aliphatic rings. The molecule has 1 aromatic heterocycles. The normalized spacial score (nSPS) is 18.5. The Morgan fingerprint density at radius 3 is 2.61 bits per heavy atom. The van der Waals surface area contributed by atoms with Gasteiger partial charge in [0.1, 0.15) is 5.82 Å². The van der Waals surface area contributed by atoms with E-state index in [1.807, 2.05) is 13.8 Å². The van der Waals surface area contributed by atoms with Crippen molar-refractivity contribution in [3.05, 3.63) is 50.7 Å². The van der Waals surface area contributed by atoms with E-state index in [1.165, 1.54) is 33.3 Å². The molecular weight excluding hydrogens is 386 g/mol. The molecule has 1 aliphatic heterocycles. The van der Waals surface area contributed by atoms with Crippen LogP contribution in [-0.4, -0.2) is 45.1 Å². The SMILES string of the molecule is CC(C)n1c(C2CCCN(S(=O)(=O)c3ccccc3[N+](=O)[O-])C2)nn(C)c1=O. The van der Waals surface area contributed by atoms with Crippen LogP contribution in [0.5, 0.6) is 0 Å². The molecular formula is C17H23N5O5S. The fourth-order valence-electron chi connectivity index (χ4n) is 3.60. The monoisotopic (exact) mass is 409 g/mol. The van der Waals surface area contributed by atoms with Crippen molar-refractivity contribution in [3.63, 3.8) is 0 Å². The number of nitrogens with zero attached hydrogens (tertiary/aromatic N) is 5. The highest BCUT2D eigenvalue weighted by molar-refractivity contribution is 7.89. The summed E-state index contributed by atoms with van der Waals surface area (Å²) in [6.07, 6.45) is 1.26. The van der Waals surface area contributed by atoms with Crippen molar-refractivity contribution in [2.45, 2.75) is 43.5 Å². The highest BCUT2D eigenvalue weighted by atomic mass is 32.2. The van der Waals surface area contributed by atoms with E-state index in [4.69, 9.17) is 0 Å². The molecule has 1 saturated heterocycles. The van der Waals surface area contributed by atoms with Crippen molar-refractivity contribution in [1.82, 2.24) is 18.7 Å². The summed E-state index contributed by atoms with van der Waals surface area (Å²) in [7, 11) is -2.48. The van der Waals surface area contributed by atoms with Crippen molar-refractivity contribution in [2.24, 2.45) is 7.05 Å². The van der Waals surface area contributed by atoms with Crippen LogP contribution in [0.3, 0.4) is 0 Å². The molecule has 0 N–H and O–H groups in total. The largest absolute Gasteiger partial charge is 0.345 e. The molecule has 1 unspecified atom stereocenters. The first-order valence-electron chi connectivity index (χ1n) is 9.03. The number of nitro groups is 1. The maximum absolute atomic E-state index is 13.1. The summed E-state index contributed by atoms with van der Waals surface area (Å²) in [6.45, 7) is 4.13. The van der Waals surface area contributed by atoms with Gasteiger partial charge in [-0.3, -0.25) is 14.7 Å². The van der Waals surface area contributed by atoms with Crippen LogP contribution in [0.2, 0.25) is 0 Å². The van der Waals surface area contributed by atoms with Crippen LogP contribution >= 0.6 is 0 Å². The van der Waals surface area contributed by atoms with Gasteiger partial charge in [-0.05, 0) is 32.8 Å². The zero-order chi connectivity index (χ0) is 20.6. The van der Waals surface area contributed by atoms with Gasteiger partial charge in [0.2, 0.25) is 10.0 Å². The molecule has 0 amide bonds. The molecule has 1 aromatic carbocycles. The number of hydrogen-bond donors (Lipinski definition) is 0. The van der Waals surface area contributed by atoms with E-state index in [-0.39, 0.29) is 35.6 Å². The van der Waals surface area contributed by atoms with Gasteiger partial charge in [-0.25, -0.2) is 17.9 Å². The van der Waals surface area contributed by atoms with Crippen molar-refractivity contribution in [2.75, 3.05) is 13.1 Å². The van der Waals surface area contributed by atoms with E-state index in [0.717, 1.165) is 0 Å². The number of hydrogen-bond acceptors (Lipinski definition) is 6. The second-order valence-corrected chi connectivity index (χ2v) is 9.06. The molecule has 0 spiro atoms. The van der Waals surface area contributed by atoms with E-state index in [2.05, 4.69) is 5.10 Å². The summed E-state index contributed by atoms with van der Waals surface area (Å²) in [6, 6.07) is 5.23. The number of sulfonamides is 1. The molecule has 2 heterocycles. The predicted molar refractivity (Wildman–Crippen MR) is 102 cm³/mol. The molecule has 11 heteroatoms. The number of nitro benzene ring substituents is 1. The number of rotatable bonds is 5. The second-order valence-electron chi connectivity index (χ2n) is 7.16. The molecule has 1 fully saturated rings. The Morgan fingerprint density at radius 1 is 1.29 bits per heavy atom. The highest BCUT2D eigenvalue weighted by Gasteiger charge is 2.36. The zero-order valence-corrected chi connectivity index (χ0v) is 16.8. The van der Waals surface area contributed by atoms with Crippen LogP contribution < -0.4 is 5.69 Å². The summed E-state index contributed by atoms with van der Waals surface area (Å²) < 4.78 is 30.3. The third-order valence-corrected chi connectivity index (χ3v) is 6.84. The lowest BCUT2D eigenvalue weighted by atomic mass is 9.98. The first-order chi connectivity index (χ1) is 13.1. The van der Waals surface area contributed by atoms with Crippen LogP contribution in [0.1, 0.15) is 44.5 Å². The number of aryl methyl sites for hydroxylation is 1. The molecule has 0 radical (unpaired) electrons. The maximum Gasteiger partial charge on any atom is 0.345 e. The van der Waals surface area contributed by atoms with E-state index < -0.39 is 20.6 Å². The van der Waals surface area contributed by atoms with Crippen LogP contribution in [0.25, 0.3) is 0 Å². The van der Waals surface area contributed by atoms with Gasteiger partial charge < -0.3 is 0 Å². The lowest BCUT2D eigenvalue weighted by Gasteiger charge is -2.31. The van der Waals surface area contributed by atoms with Crippen molar-refractivity contribution in [3.8, 4) is 0 Å². The Labute approximate surface area is 162 Å². The lowest BCUT2D eigenvalue weighted by molar-refractivity contribution is -0.387. The van der Waals surface area contributed by atoms with E-state index >= 15 is 0 Å². The zero-order valence-electron chi connectivity index (χ0n) is 16.0. The van der Waals surface area contributed by atoms with Gasteiger partial charge in [0.05, 0.1) is 4.92 Å². The molecule has 0 bridgehead atoms. The van der Waals surface area contributed by atoms with E-state index in [9.17, 15) is 23.3 Å². The molecule has 28 heavy (non-hydrogen) atoms. The van der Waals surface area contributed by atoms with Crippen LogP contribution in [0.15, 0.2) is 34.0 Å². The van der Waals surface area contributed by atoms with Crippen molar-refractivity contribution >= 4 is 15.7 Å². The fraction of sp³-hybridized carbons (Fsp3) is 0.529. The molecule has 1 atom stereocenters. The first-order valence-corrected chi connectivity index (χ1v) is 10.5. The Kier molecular flexibility index (Phi) is 5.39. The highest BCUT2D eigenvalue weighted by Crippen LogP contribution is 2.32. The van der Waals surface area contributed by atoms with Crippen LogP contribution in [-0.2, 0) is 17.1 Å². The Bertz CT molecular complexity index is 1060. The van der Waals surface area contributed by atoms with Crippen molar-refractivity contribution < 1.29 is 13.3 Å². The number of benzene rings is 1. The molecule has 0 saturated carbocycles. The number of piperidine rings is 1. The van der Waals surface area contributed by atoms with E-state index in [1.54, 1.807) is 11.6 Å². The minimum absolute atomic E-state index is 0.113. The predicted octanol–water partition coefficient (Wildman–Crippen LogP) is 1.64. The van der Waals surface area contributed by atoms with Gasteiger partial charge >= 0.3 is 5.69 Å². The van der Waals surface area contributed by atoms with Gasteiger partial charge in [0.25, 0.3) is 5.69 Å². The van der Waals surface area contributed by atoms with Gasteiger partial charge in [-0.1, -0.05) is 12.1 Å². The quantitative estimate of drug-likeness (QED) is 0.547. The van der Waals surface area contributed by atoms with Gasteiger partial charge in [0, 0.05) is 38.2 Å². The van der Waals surface area contributed by atoms with Gasteiger partial charge in [0.15, 0.2) is 4.90 Å². The topological polar surface area (TPSA) is 120 Å². The van der Waals surface area contributed by atoms with Gasteiger partial charge in [-0.15, -0.1) is 0 Å².